The van der Waals surface area contributed by atoms with Crippen molar-refractivity contribution < 1.29 is 14.6 Å². The highest BCUT2D eigenvalue weighted by Gasteiger charge is 2.13. The van der Waals surface area contributed by atoms with Gasteiger partial charge in [-0.2, -0.15) is 0 Å². The number of carboxylic acid groups (broad SMARTS) is 1. The lowest BCUT2D eigenvalue weighted by Crippen LogP contribution is -2.02. The number of carboxylic acids is 1. The van der Waals surface area contributed by atoms with Crippen molar-refractivity contribution in [2.75, 3.05) is 7.11 Å². The number of aromatic nitrogens is 1. The first-order valence-electron chi connectivity index (χ1n) is 5.06. The number of hydrogen-bond acceptors (Lipinski definition) is 3. The zero-order chi connectivity index (χ0) is 13.3. The van der Waals surface area contributed by atoms with Gasteiger partial charge in [0.15, 0.2) is 0 Å². The van der Waals surface area contributed by atoms with Gasteiger partial charge in [-0.25, -0.2) is 4.98 Å². The van der Waals surface area contributed by atoms with Gasteiger partial charge in [-0.3, -0.25) is 4.79 Å². The molecule has 0 amide bonds. The molecule has 0 saturated heterocycles. The van der Waals surface area contributed by atoms with Crippen molar-refractivity contribution >= 4 is 40.1 Å². The molecule has 1 aromatic heterocycles. The van der Waals surface area contributed by atoms with E-state index in [1.165, 1.54) is 7.11 Å². The number of hydrogen-bond donors (Lipinski definition) is 1. The number of pyridine rings is 1. The second kappa shape index (κ2) is 5.00. The zero-order valence-corrected chi connectivity index (χ0v) is 10.9. The Balaban J connectivity index is 2.71. The Kier molecular flexibility index (Phi) is 3.59. The van der Waals surface area contributed by atoms with Crippen LogP contribution in [-0.4, -0.2) is 23.2 Å². The molecule has 0 unspecified atom stereocenters. The highest BCUT2D eigenvalue weighted by atomic mass is 35.5. The first-order chi connectivity index (χ1) is 8.52. The van der Waals surface area contributed by atoms with Crippen molar-refractivity contribution in [3.05, 3.63) is 33.9 Å². The highest BCUT2D eigenvalue weighted by Crippen LogP contribution is 2.32. The van der Waals surface area contributed by atoms with Crippen LogP contribution >= 0.6 is 23.2 Å². The van der Waals surface area contributed by atoms with Gasteiger partial charge >= 0.3 is 5.97 Å². The lowest BCUT2D eigenvalue weighted by Gasteiger charge is -2.09. The zero-order valence-electron chi connectivity index (χ0n) is 9.41. The number of ether oxygens (including phenoxy) is 1. The van der Waals surface area contributed by atoms with Crippen LogP contribution in [0.1, 0.15) is 5.56 Å². The van der Waals surface area contributed by atoms with Crippen molar-refractivity contribution in [2.45, 2.75) is 6.42 Å². The molecule has 0 atom stereocenters. The smallest absolute Gasteiger partial charge is 0.307 e. The summed E-state index contributed by atoms with van der Waals surface area (Å²) in [5.74, 6) is -0.399. The molecule has 2 aromatic rings. The number of fused-ring (bicyclic) bond motifs is 1. The molecule has 4 nitrogen and oxygen atoms in total. The average Bonchev–Trinajstić information content (AvgIpc) is 2.31. The second-order valence-electron chi connectivity index (χ2n) is 3.65. The molecule has 18 heavy (non-hydrogen) atoms. The minimum absolute atomic E-state index is 0.139. The molecule has 0 spiro atoms. The first-order valence-corrected chi connectivity index (χ1v) is 5.82. The third-order valence-corrected chi connectivity index (χ3v) is 3.12. The second-order valence-corrected chi connectivity index (χ2v) is 4.42. The highest BCUT2D eigenvalue weighted by molar-refractivity contribution is 6.36. The SMILES string of the molecule is COc1ccc(Cl)c2nc(Cl)c(CC(=O)O)cc12. The van der Waals surface area contributed by atoms with E-state index in [1.807, 2.05) is 0 Å². The van der Waals surface area contributed by atoms with Crippen molar-refractivity contribution in [3.63, 3.8) is 0 Å². The molecule has 0 bridgehead atoms. The van der Waals surface area contributed by atoms with Gasteiger partial charge in [0.05, 0.1) is 24.1 Å². The van der Waals surface area contributed by atoms with Crippen LogP contribution in [0.5, 0.6) is 5.75 Å². The van der Waals surface area contributed by atoms with Crippen LogP contribution < -0.4 is 4.74 Å². The average molecular weight is 286 g/mol. The molecule has 6 heteroatoms. The van der Waals surface area contributed by atoms with Gasteiger partial charge in [0.2, 0.25) is 0 Å². The maximum atomic E-state index is 10.7. The Morgan fingerprint density at radius 1 is 1.44 bits per heavy atom. The first kappa shape index (κ1) is 12.9. The maximum absolute atomic E-state index is 10.7. The van der Waals surface area contributed by atoms with Crippen molar-refractivity contribution in [3.8, 4) is 5.75 Å². The van der Waals surface area contributed by atoms with Crippen molar-refractivity contribution in [2.24, 2.45) is 0 Å². The largest absolute Gasteiger partial charge is 0.496 e. The van der Waals surface area contributed by atoms with Crippen molar-refractivity contribution in [1.29, 1.82) is 0 Å². The predicted molar refractivity (Wildman–Crippen MR) is 69.7 cm³/mol. The molecule has 94 valence electrons. The molecule has 0 aliphatic rings. The molecule has 2 rings (SSSR count). The fourth-order valence-corrected chi connectivity index (χ4v) is 2.10. The minimum atomic E-state index is -0.973. The Hall–Kier alpha value is -1.52. The van der Waals surface area contributed by atoms with E-state index < -0.39 is 5.97 Å². The van der Waals surface area contributed by atoms with E-state index in [9.17, 15) is 4.79 Å². The summed E-state index contributed by atoms with van der Waals surface area (Å²) in [6.07, 6.45) is -0.197. The molecule has 0 radical (unpaired) electrons. The molecule has 1 heterocycles. The van der Waals surface area contributed by atoms with Crippen LogP contribution in [0.25, 0.3) is 10.9 Å². The van der Waals surface area contributed by atoms with E-state index >= 15 is 0 Å². The van der Waals surface area contributed by atoms with Gasteiger partial charge < -0.3 is 9.84 Å². The van der Waals surface area contributed by atoms with Gasteiger partial charge in [-0.1, -0.05) is 23.2 Å². The lowest BCUT2D eigenvalue weighted by atomic mass is 10.1. The fraction of sp³-hybridized carbons (Fsp3) is 0.167. The van der Waals surface area contributed by atoms with E-state index in [-0.39, 0.29) is 11.6 Å². The van der Waals surface area contributed by atoms with E-state index in [0.29, 0.717) is 27.2 Å². The maximum Gasteiger partial charge on any atom is 0.307 e. The monoisotopic (exact) mass is 285 g/mol. The van der Waals surface area contributed by atoms with Crippen LogP contribution in [-0.2, 0) is 11.2 Å². The number of nitrogens with zero attached hydrogens (tertiary/aromatic N) is 1. The molecular formula is C12H9Cl2NO3. The van der Waals surface area contributed by atoms with Crippen molar-refractivity contribution in [1.82, 2.24) is 4.98 Å². The van der Waals surface area contributed by atoms with Crippen LogP contribution in [0.2, 0.25) is 10.2 Å². The van der Waals surface area contributed by atoms with Crippen LogP contribution in [0.15, 0.2) is 18.2 Å². The fourth-order valence-electron chi connectivity index (χ4n) is 1.68. The Morgan fingerprint density at radius 2 is 2.17 bits per heavy atom. The summed E-state index contributed by atoms with van der Waals surface area (Å²) in [6, 6.07) is 5.00. The summed E-state index contributed by atoms with van der Waals surface area (Å²) in [6.45, 7) is 0. The summed E-state index contributed by atoms with van der Waals surface area (Å²) < 4.78 is 5.19. The molecular weight excluding hydrogens is 277 g/mol. The number of methoxy groups -OCH3 is 1. The Labute approximate surface area is 113 Å². The van der Waals surface area contributed by atoms with E-state index in [2.05, 4.69) is 4.98 Å². The van der Waals surface area contributed by atoms with Crippen LogP contribution in [0.3, 0.4) is 0 Å². The summed E-state index contributed by atoms with van der Waals surface area (Å²) in [5.41, 5.74) is 0.924. The number of aliphatic carboxylic acids is 1. The Bertz CT molecular complexity index is 628. The number of carbonyl (C=O) groups is 1. The summed E-state index contributed by atoms with van der Waals surface area (Å²) >= 11 is 12.0. The summed E-state index contributed by atoms with van der Waals surface area (Å²) in [7, 11) is 1.52. The lowest BCUT2D eigenvalue weighted by molar-refractivity contribution is -0.136. The van der Waals surface area contributed by atoms with Gasteiger partial charge in [0.25, 0.3) is 0 Å². The quantitative estimate of drug-likeness (QED) is 0.880. The number of rotatable bonds is 3. The normalized spacial score (nSPS) is 10.6. The number of benzene rings is 1. The van der Waals surface area contributed by atoms with E-state index in [4.69, 9.17) is 33.0 Å². The van der Waals surface area contributed by atoms with Gasteiger partial charge in [-0.15, -0.1) is 0 Å². The molecule has 0 fully saturated rings. The standard InChI is InChI=1S/C12H9Cl2NO3/c1-18-9-3-2-8(13)11-7(9)4-6(5-10(16)17)12(14)15-11/h2-4H,5H2,1H3,(H,16,17). The van der Waals surface area contributed by atoms with Gasteiger partial charge in [0, 0.05) is 10.9 Å². The van der Waals surface area contributed by atoms with Crippen LogP contribution in [0.4, 0.5) is 0 Å². The molecule has 0 saturated carbocycles. The van der Waals surface area contributed by atoms with E-state index in [1.54, 1.807) is 18.2 Å². The Morgan fingerprint density at radius 3 is 2.78 bits per heavy atom. The topological polar surface area (TPSA) is 59.4 Å². The van der Waals surface area contributed by atoms with Gasteiger partial charge in [0.1, 0.15) is 10.9 Å². The summed E-state index contributed by atoms with van der Waals surface area (Å²) in [4.78, 5) is 14.9. The minimum Gasteiger partial charge on any atom is -0.496 e. The molecule has 1 N–H and O–H groups in total. The number of halogens is 2. The van der Waals surface area contributed by atoms with Gasteiger partial charge in [-0.05, 0) is 18.2 Å². The third kappa shape index (κ3) is 2.35. The molecule has 1 aromatic carbocycles. The van der Waals surface area contributed by atoms with Crippen LogP contribution in [0, 0.1) is 0 Å². The molecule has 0 aliphatic carbocycles. The predicted octanol–water partition coefficient (Wildman–Crippen LogP) is 3.18. The molecule has 0 aliphatic heterocycles. The van der Waals surface area contributed by atoms with E-state index in [0.717, 1.165) is 0 Å². The third-order valence-electron chi connectivity index (χ3n) is 2.48. The summed E-state index contributed by atoms with van der Waals surface area (Å²) in [5, 5.41) is 10.0.